The minimum atomic E-state index is 0.275. The summed E-state index contributed by atoms with van der Waals surface area (Å²) in [4.78, 5) is 14.3. The fourth-order valence-corrected chi connectivity index (χ4v) is 5.89. The van der Waals surface area contributed by atoms with Crippen molar-refractivity contribution in [3.63, 3.8) is 0 Å². The van der Waals surface area contributed by atoms with Crippen molar-refractivity contribution < 1.29 is 9.15 Å². The molecule has 208 valence electrons. The Bertz CT molecular complexity index is 2320. The number of aryl methyl sites for hydroxylation is 1. The summed E-state index contributed by atoms with van der Waals surface area (Å²) in [6.07, 6.45) is 1.82. The Morgan fingerprint density at radius 1 is 0.721 bits per heavy atom. The minimum absolute atomic E-state index is 0.275. The topological polar surface area (TPSA) is 66.0 Å². The van der Waals surface area contributed by atoms with Crippen LogP contribution >= 0.6 is 0 Å². The number of pyridine rings is 3. The lowest BCUT2D eigenvalue weighted by atomic mass is 10.0. The van der Waals surface area contributed by atoms with E-state index in [1.165, 1.54) is 5.39 Å². The molecule has 0 saturated heterocycles. The summed E-state index contributed by atoms with van der Waals surface area (Å²) in [6, 6.07) is 34.9. The molecule has 6 heteroatoms. The molecule has 0 amide bonds. The molecule has 5 heterocycles. The van der Waals surface area contributed by atoms with E-state index in [1.54, 1.807) is 0 Å². The zero-order chi connectivity index (χ0) is 29.1. The van der Waals surface area contributed by atoms with Crippen LogP contribution in [0, 0.1) is 6.92 Å². The highest BCUT2D eigenvalue weighted by Gasteiger charge is 2.18. The van der Waals surface area contributed by atoms with Crippen LogP contribution in [-0.2, 0) is 0 Å². The second kappa shape index (κ2) is 9.81. The van der Waals surface area contributed by atoms with Gasteiger partial charge in [0, 0.05) is 51.1 Å². The zero-order valence-electron chi connectivity index (χ0n) is 24.1. The summed E-state index contributed by atoms with van der Waals surface area (Å²) in [5.74, 6) is 2.37. The molecule has 0 radical (unpaired) electrons. The van der Waals surface area contributed by atoms with Crippen molar-refractivity contribution in [3.8, 4) is 28.7 Å². The second-order valence-electron chi connectivity index (χ2n) is 11.2. The molecule has 0 aliphatic heterocycles. The number of benzene rings is 3. The summed E-state index contributed by atoms with van der Waals surface area (Å²) in [7, 11) is 0. The molecule has 3 aromatic carbocycles. The van der Waals surface area contributed by atoms with E-state index in [4.69, 9.17) is 14.1 Å². The lowest BCUT2D eigenvalue weighted by molar-refractivity contribution is 0.463. The van der Waals surface area contributed by atoms with Gasteiger partial charge in [-0.15, -0.1) is 0 Å². The van der Waals surface area contributed by atoms with Crippen molar-refractivity contribution in [1.82, 2.24) is 19.5 Å². The maximum Gasteiger partial charge on any atom is 0.227 e. The van der Waals surface area contributed by atoms with Gasteiger partial charge in [0.25, 0.3) is 0 Å². The van der Waals surface area contributed by atoms with E-state index >= 15 is 0 Å². The standard InChI is InChI=1S/C37H28N4O2/c1-22(2)24-19-31(30-11-8-10-28-29-16-14-23(3)39-37(29)43-36(28)30)40-35(20-24)42-25-15-17-27-26-9-4-5-12-32(26)41(33(27)21-25)34-13-6-7-18-38-34/h4-22H,1-3H3. The van der Waals surface area contributed by atoms with E-state index < -0.39 is 0 Å². The third-order valence-electron chi connectivity index (χ3n) is 8.02. The Morgan fingerprint density at radius 2 is 1.53 bits per heavy atom. The van der Waals surface area contributed by atoms with E-state index in [2.05, 4.69) is 83.0 Å². The van der Waals surface area contributed by atoms with Gasteiger partial charge in [-0.2, -0.15) is 0 Å². The first-order valence-corrected chi connectivity index (χ1v) is 14.5. The molecule has 6 nitrogen and oxygen atoms in total. The fraction of sp³-hybridized carbons (Fsp3) is 0.108. The average Bonchev–Trinajstić information content (AvgIpc) is 3.56. The third kappa shape index (κ3) is 4.22. The Morgan fingerprint density at radius 3 is 2.40 bits per heavy atom. The molecule has 0 aliphatic rings. The van der Waals surface area contributed by atoms with Gasteiger partial charge in [-0.3, -0.25) is 4.57 Å². The predicted octanol–water partition coefficient (Wildman–Crippen LogP) is 9.76. The fourth-order valence-electron chi connectivity index (χ4n) is 5.89. The minimum Gasteiger partial charge on any atom is -0.439 e. The van der Waals surface area contributed by atoms with E-state index in [-0.39, 0.29) is 5.92 Å². The number of hydrogen-bond donors (Lipinski definition) is 0. The molecule has 0 N–H and O–H groups in total. The van der Waals surface area contributed by atoms with E-state index in [9.17, 15) is 0 Å². The molecule has 8 aromatic rings. The third-order valence-corrected chi connectivity index (χ3v) is 8.02. The summed E-state index contributed by atoms with van der Waals surface area (Å²) in [6.45, 7) is 6.32. The summed E-state index contributed by atoms with van der Waals surface area (Å²) >= 11 is 0. The molecule has 0 bridgehead atoms. The van der Waals surface area contributed by atoms with Crippen molar-refractivity contribution in [2.75, 3.05) is 0 Å². The van der Waals surface area contributed by atoms with Gasteiger partial charge in [-0.1, -0.05) is 50.2 Å². The summed E-state index contributed by atoms with van der Waals surface area (Å²) in [5.41, 5.74) is 7.28. The van der Waals surface area contributed by atoms with E-state index in [0.29, 0.717) is 17.3 Å². The van der Waals surface area contributed by atoms with Crippen LogP contribution in [-0.4, -0.2) is 19.5 Å². The molecule has 43 heavy (non-hydrogen) atoms. The van der Waals surface area contributed by atoms with Gasteiger partial charge >= 0.3 is 0 Å². The monoisotopic (exact) mass is 560 g/mol. The molecule has 0 unspecified atom stereocenters. The molecule has 8 rings (SSSR count). The van der Waals surface area contributed by atoms with Crippen molar-refractivity contribution in [2.45, 2.75) is 26.7 Å². The van der Waals surface area contributed by atoms with Gasteiger partial charge in [-0.05, 0) is 73.0 Å². The van der Waals surface area contributed by atoms with Crippen molar-refractivity contribution in [3.05, 3.63) is 121 Å². The van der Waals surface area contributed by atoms with Crippen LogP contribution in [0.2, 0.25) is 0 Å². The number of hydrogen-bond acceptors (Lipinski definition) is 5. The average molecular weight is 561 g/mol. The molecular formula is C37H28N4O2. The zero-order valence-corrected chi connectivity index (χ0v) is 24.1. The highest BCUT2D eigenvalue weighted by Crippen LogP contribution is 2.38. The molecule has 0 fully saturated rings. The predicted molar refractivity (Wildman–Crippen MR) is 172 cm³/mol. The van der Waals surface area contributed by atoms with Gasteiger partial charge in [0.1, 0.15) is 17.2 Å². The Labute approximate surface area is 248 Å². The summed E-state index contributed by atoms with van der Waals surface area (Å²) in [5, 5.41) is 4.32. The number of nitrogens with zero attached hydrogens (tertiary/aromatic N) is 4. The highest BCUT2D eigenvalue weighted by molar-refractivity contribution is 6.10. The van der Waals surface area contributed by atoms with Gasteiger partial charge in [0.2, 0.25) is 11.6 Å². The van der Waals surface area contributed by atoms with Gasteiger partial charge in [-0.25, -0.2) is 15.0 Å². The molecule has 5 aromatic heterocycles. The number of ether oxygens (including phenoxy) is 1. The van der Waals surface area contributed by atoms with Gasteiger partial charge < -0.3 is 9.15 Å². The lowest BCUT2D eigenvalue weighted by Gasteiger charge is -2.13. The molecular weight excluding hydrogens is 532 g/mol. The van der Waals surface area contributed by atoms with Crippen molar-refractivity contribution in [2.24, 2.45) is 0 Å². The van der Waals surface area contributed by atoms with E-state index in [1.807, 2.05) is 61.7 Å². The summed E-state index contributed by atoms with van der Waals surface area (Å²) < 4.78 is 15.0. The highest BCUT2D eigenvalue weighted by atomic mass is 16.5. The SMILES string of the molecule is Cc1ccc2c(n1)oc1c(-c3cc(C(C)C)cc(Oc4ccc5c6ccccc6n(-c6ccccn6)c5c4)n3)cccc12. The van der Waals surface area contributed by atoms with Crippen LogP contribution in [0.5, 0.6) is 11.6 Å². The first kappa shape index (κ1) is 25.2. The van der Waals surface area contributed by atoms with Crippen LogP contribution < -0.4 is 4.74 Å². The Balaban J connectivity index is 1.27. The maximum atomic E-state index is 6.53. The van der Waals surface area contributed by atoms with Crippen LogP contribution in [0.1, 0.15) is 31.0 Å². The van der Waals surface area contributed by atoms with Crippen LogP contribution in [0.3, 0.4) is 0 Å². The Hall–Kier alpha value is -5.49. The molecule has 0 spiro atoms. The molecule has 0 atom stereocenters. The van der Waals surface area contributed by atoms with Crippen molar-refractivity contribution >= 4 is 43.9 Å². The van der Waals surface area contributed by atoms with Gasteiger partial charge in [0.05, 0.1) is 16.7 Å². The van der Waals surface area contributed by atoms with Crippen LogP contribution in [0.25, 0.3) is 61.0 Å². The molecule has 0 saturated carbocycles. The van der Waals surface area contributed by atoms with Crippen LogP contribution in [0.4, 0.5) is 0 Å². The van der Waals surface area contributed by atoms with Crippen molar-refractivity contribution in [1.29, 1.82) is 0 Å². The van der Waals surface area contributed by atoms with Crippen LogP contribution in [0.15, 0.2) is 114 Å². The molecule has 0 aliphatic carbocycles. The first-order valence-electron chi connectivity index (χ1n) is 14.5. The van der Waals surface area contributed by atoms with E-state index in [0.717, 1.165) is 61.1 Å². The number of para-hydroxylation sites is 2. The normalized spacial score (nSPS) is 11.8. The number of rotatable bonds is 5. The maximum absolute atomic E-state index is 6.53. The van der Waals surface area contributed by atoms with Gasteiger partial charge in [0.15, 0.2) is 0 Å². The largest absolute Gasteiger partial charge is 0.439 e. The second-order valence-corrected chi connectivity index (χ2v) is 11.2. The number of furan rings is 1. The lowest BCUT2D eigenvalue weighted by Crippen LogP contribution is -1.98. The number of fused-ring (bicyclic) bond motifs is 6. The first-order chi connectivity index (χ1) is 21.0. The quantitative estimate of drug-likeness (QED) is 0.210. The smallest absolute Gasteiger partial charge is 0.227 e. The Kier molecular flexibility index (Phi) is 5.76. The number of aromatic nitrogens is 4.